The van der Waals surface area contributed by atoms with Gasteiger partial charge >= 0.3 is 0 Å². The highest BCUT2D eigenvalue weighted by molar-refractivity contribution is 5.82. The quantitative estimate of drug-likeness (QED) is 0.850. The molecular formula is C14H20N2O2. The molecule has 0 bridgehead atoms. The Morgan fingerprint density at radius 3 is 2.50 bits per heavy atom. The van der Waals surface area contributed by atoms with Crippen LogP contribution in [-0.2, 0) is 4.79 Å². The number of aliphatic hydroxyl groups excluding tert-OH is 1. The van der Waals surface area contributed by atoms with Crippen molar-refractivity contribution in [2.45, 2.75) is 26.4 Å². The summed E-state index contributed by atoms with van der Waals surface area (Å²) < 4.78 is 0. The second kappa shape index (κ2) is 4.61. The molecule has 0 radical (unpaired) electrons. The first-order valence-corrected chi connectivity index (χ1v) is 6.25. The minimum atomic E-state index is -0.450. The highest BCUT2D eigenvalue weighted by Gasteiger charge is 2.38. The van der Waals surface area contributed by atoms with Crippen molar-refractivity contribution in [1.82, 2.24) is 0 Å². The average molecular weight is 248 g/mol. The van der Waals surface area contributed by atoms with Gasteiger partial charge in [0.2, 0.25) is 5.91 Å². The molecule has 0 spiro atoms. The summed E-state index contributed by atoms with van der Waals surface area (Å²) in [5, 5.41) is 9.46. The predicted octanol–water partition coefficient (Wildman–Crippen LogP) is 1.44. The Morgan fingerprint density at radius 1 is 1.44 bits per heavy atom. The maximum absolute atomic E-state index is 11.4. The molecule has 1 amide bonds. The van der Waals surface area contributed by atoms with Crippen LogP contribution in [-0.4, -0.2) is 24.1 Å². The van der Waals surface area contributed by atoms with E-state index in [0.717, 1.165) is 24.2 Å². The van der Waals surface area contributed by atoms with E-state index < -0.39 is 11.5 Å². The van der Waals surface area contributed by atoms with Gasteiger partial charge in [-0.05, 0) is 38.0 Å². The molecule has 1 aromatic carbocycles. The number of amides is 1. The molecular weight excluding hydrogens is 228 g/mol. The van der Waals surface area contributed by atoms with Crippen LogP contribution in [0.15, 0.2) is 24.3 Å². The third kappa shape index (κ3) is 2.34. The lowest BCUT2D eigenvalue weighted by atomic mass is 9.89. The molecule has 2 atom stereocenters. The topological polar surface area (TPSA) is 66.6 Å². The Bertz CT molecular complexity index is 442. The molecule has 4 nitrogen and oxygen atoms in total. The first kappa shape index (κ1) is 12.9. The third-order valence-corrected chi connectivity index (χ3v) is 3.81. The van der Waals surface area contributed by atoms with Crippen LogP contribution in [0.4, 0.5) is 5.69 Å². The number of nitrogens with zero attached hydrogens (tertiary/aromatic N) is 1. The van der Waals surface area contributed by atoms with Crippen LogP contribution in [0.25, 0.3) is 0 Å². The van der Waals surface area contributed by atoms with E-state index in [2.05, 4.69) is 4.90 Å². The Hall–Kier alpha value is -1.55. The summed E-state index contributed by atoms with van der Waals surface area (Å²) in [5.41, 5.74) is 6.98. The Kier molecular flexibility index (Phi) is 3.30. The van der Waals surface area contributed by atoms with Gasteiger partial charge in [0.1, 0.15) is 0 Å². The lowest BCUT2D eigenvalue weighted by Crippen LogP contribution is -2.37. The van der Waals surface area contributed by atoms with Gasteiger partial charge in [0.15, 0.2) is 0 Å². The van der Waals surface area contributed by atoms with Crippen molar-refractivity contribution in [3.63, 3.8) is 0 Å². The van der Waals surface area contributed by atoms with E-state index in [1.807, 2.05) is 31.2 Å². The number of hydrogen-bond donors (Lipinski definition) is 2. The van der Waals surface area contributed by atoms with Crippen LogP contribution in [0, 0.1) is 5.41 Å². The van der Waals surface area contributed by atoms with Crippen molar-refractivity contribution in [2.24, 2.45) is 11.1 Å². The zero-order chi connectivity index (χ0) is 13.3. The minimum absolute atomic E-state index is 0.231. The van der Waals surface area contributed by atoms with Gasteiger partial charge < -0.3 is 15.7 Å². The average Bonchev–Trinajstić information content (AvgIpc) is 2.73. The number of hydrogen-bond acceptors (Lipinski definition) is 3. The van der Waals surface area contributed by atoms with Crippen LogP contribution in [0.2, 0.25) is 0 Å². The second-order valence-corrected chi connectivity index (χ2v) is 5.36. The van der Waals surface area contributed by atoms with Gasteiger partial charge in [-0.1, -0.05) is 12.1 Å². The van der Waals surface area contributed by atoms with Crippen LogP contribution in [0.1, 0.15) is 31.9 Å². The fourth-order valence-electron chi connectivity index (χ4n) is 2.35. The molecule has 3 N–H and O–H groups in total. The maximum atomic E-state index is 11.4. The van der Waals surface area contributed by atoms with Gasteiger partial charge in [-0.3, -0.25) is 4.79 Å². The molecule has 4 heteroatoms. The number of carbonyl (C=O) groups is 1. The van der Waals surface area contributed by atoms with Crippen LogP contribution >= 0.6 is 0 Å². The molecule has 1 heterocycles. The fourth-order valence-corrected chi connectivity index (χ4v) is 2.35. The Morgan fingerprint density at radius 2 is 2.06 bits per heavy atom. The molecule has 1 unspecified atom stereocenters. The molecule has 98 valence electrons. The Labute approximate surface area is 107 Å². The SMILES string of the molecule is C[C@H](O)c1ccc(N2CCC(C)(C(N)=O)C2)cc1. The van der Waals surface area contributed by atoms with Crippen molar-refractivity contribution >= 4 is 11.6 Å². The van der Waals surface area contributed by atoms with Crippen molar-refractivity contribution in [1.29, 1.82) is 0 Å². The summed E-state index contributed by atoms with van der Waals surface area (Å²) >= 11 is 0. The molecule has 1 aromatic rings. The van der Waals surface area contributed by atoms with Crippen molar-refractivity contribution in [2.75, 3.05) is 18.0 Å². The number of carbonyl (C=O) groups excluding carboxylic acids is 1. The fraction of sp³-hybridized carbons (Fsp3) is 0.500. The number of nitrogens with two attached hydrogens (primary N) is 1. The van der Waals surface area contributed by atoms with Gasteiger partial charge in [0.05, 0.1) is 11.5 Å². The number of rotatable bonds is 3. The number of benzene rings is 1. The van der Waals surface area contributed by atoms with E-state index >= 15 is 0 Å². The molecule has 0 aromatic heterocycles. The predicted molar refractivity (Wildman–Crippen MR) is 71.2 cm³/mol. The second-order valence-electron chi connectivity index (χ2n) is 5.36. The van der Waals surface area contributed by atoms with E-state index in [1.54, 1.807) is 6.92 Å². The first-order chi connectivity index (χ1) is 8.42. The molecule has 0 aliphatic carbocycles. The zero-order valence-electron chi connectivity index (χ0n) is 10.9. The van der Waals surface area contributed by atoms with E-state index in [0.29, 0.717) is 6.54 Å². The van der Waals surface area contributed by atoms with Gasteiger partial charge in [0.25, 0.3) is 0 Å². The van der Waals surface area contributed by atoms with Crippen molar-refractivity contribution in [3.05, 3.63) is 29.8 Å². The number of primary amides is 1. The van der Waals surface area contributed by atoms with E-state index in [9.17, 15) is 9.90 Å². The van der Waals surface area contributed by atoms with Crippen molar-refractivity contribution < 1.29 is 9.90 Å². The highest BCUT2D eigenvalue weighted by atomic mass is 16.3. The standard InChI is InChI=1S/C14H20N2O2/c1-10(17)11-3-5-12(6-4-11)16-8-7-14(2,9-16)13(15)18/h3-6,10,17H,7-9H2,1-2H3,(H2,15,18)/t10-,14?/m0/s1. The largest absolute Gasteiger partial charge is 0.389 e. The minimum Gasteiger partial charge on any atom is -0.389 e. The van der Waals surface area contributed by atoms with Gasteiger partial charge in [-0.15, -0.1) is 0 Å². The summed E-state index contributed by atoms with van der Waals surface area (Å²) in [4.78, 5) is 13.6. The van der Waals surface area contributed by atoms with Crippen LogP contribution in [0.5, 0.6) is 0 Å². The summed E-state index contributed by atoms with van der Waals surface area (Å²) in [5.74, 6) is -0.231. The zero-order valence-corrected chi connectivity index (χ0v) is 10.9. The normalized spacial score (nSPS) is 25.2. The molecule has 1 saturated heterocycles. The van der Waals surface area contributed by atoms with Gasteiger partial charge in [-0.2, -0.15) is 0 Å². The summed E-state index contributed by atoms with van der Waals surface area (Å²) in [6.07, 6.45) is 0.342. The first-order valence-electron chi connectivity index (χ1n) is 6.25. The van der Waals surface area contributed by atoms with E-state index in [-0.39, 0.29) is 5.91 Å². The lowest BCUT2D eigenvalue weighted by Gasteiger charge is -2.22. The van der Waals surface area contributed by atoms with Crippen LogP contribution < -0.4 is 10.6 Å². The highest BCUT2D eigenvalue weighted by Crippen LogP contribution is 2.33. The molecule has 1 fully saturated rings. The van der Waals surface area contributed by atoms with Gasteiger partial charge in [-0.25, -0.2) is 0 Å². The van der Waals surface area contributed by atoms with Gasteiger partial charge in [0, 0.05) is 18.8 Å². The number of aliphatic hydroxyl groups is 1. The molecule has 1 aliphatic heterocycles. The van der Waals surface area contributed by atoms with E-state index in [4.69, 9.17) is 5.73 Å². The molecule has 2 rings (SSSR count). The summed E-state index contributed by atoms with van der Waals surface area (Å²) in [6.45, 7) is 5.17. The monoisotopic (exact) mass is 248 g/mol. The molecule has 18 heavy (non-hydrogen) atoms. The van der Waals surface area contributed by atoms with Crippen molar-refractivity contribution in [3.8, 4) is 0 Å². The summed E-state index contributed by atoms with van der Waals surface area (Å²) in [6, 6.07) is 7.80. The number of anilines is 1. The molecule has 1 aliphatic rings. The summed E-state index contributed by atoms with van der Waals surface area (Å²) in [7, 11) is 0. The Balaban J connectivity index is 2.12. The molecule has 0 saturated carbocycles. The smallest absolute Gasteiger partial charge is 0.225 e. The van der Waals surface area contributed by atoms with Crippen LogP contribution in [0.3, 0.4) is 0 Å². The maximum Gasteiger partial charge on any atom is 0.225 e. The van der Waals surface area contributed by atoms with E-state index in [1.165, 1.54) is 0 Å². The third-order valence-electron chi connectivity index (χ3n) is 3.81. The lowest BCUT2D eigenvalue weighted by molar-refractivity contribution is -0.125.